The van der Waals surface area contributed by atoms with Crippen LogP contribution < -0.4 is 0 Å². The highest BCUT2D eigenvalue weighted by Crippen LogP contribution is 2.48. The van der Waals surface area contributed by atoms with Gasteiger partial charge in [0.05, 0.1) is 11.8 Å². The molecule has 0 amide bonds. The minimum Gasteiger partial charge on any atom is -0.212 e. The number of rotatable bonds is 3. The van der Waals surface area contributed by atoms with Crippen molar-refractivity contribution in [3.8, 4) is 0 Å². The van der Waals surface area contributed by atoms with Gasteiger partial charge in [-0.2, -0.15) is 4.31 Å². The van der Waals surface area contributed by atoms with Crippen LogP contribution in [0.3, 0.4) is 0 Å². The largest absolute Gasteiger partial charge is 0.214 e. The van der Waals surface area contributed by atoms with Gasteiger partial charge in [-0.15, -0.1) is 0 Å². The van der Waals surface area contributed by atoms with E-state index in [1.54, 1.807) is 11.2 Å². The molecule has 17 heavy (non-hydrogen) atoms. The summed E-state index contributed by atoms with van der Waals surface area (Å²) in [6.45, 7) is 5.67. The molecule has 2 rings (SSSR count). The molecular formula is C13H19NO2S. The molecule has 0 aliphatic carbocycles. The van der Waals surface area contributed by atoms with E-state index in [1.165, 1.54) is 0 Å². The van der Waals surface area contributed by atoms with Crippen LogP contribution >= 0.6 is 0 Å². The molecule has 0 bridgehead atoms. The number of nitrogens with zero attached hydrogens (tertiary/aromatic N) is 1. The van der Waals surface area contributed by atoms with Crippen LogP contribution in [0, 0.1) is 0 Å². The standard InChI is InChI=1S/C13H19NO2S/c1-4-17(15,16)14-12(10-13(14,2)3)11-8-6-5-7-9-11/h5-9,12H,4,10H2,1-3H3/t12-/m1/s1. The van der Waals surface area contributed by atoms with Gasteiger partial charge in [0.2, 0.25) is 10.0 Å². The normalized spacial score (nSPS) is 24.3. The van der Waals surface area contributed by atoms with Gasteiger partial charge < -0.3 is 0 Å². The quantitative estimate of drug-likeness (QED) is 0.830. The van der Waals surface area contributed by atoms with Gasteiger partial charge in [-0.1, -0.05) is 30.3 Å². The molecule has 0 saturated carbocycles. The lowest BCUT2D eigenvalue weighted by Crippen LogP contribution is -2.60. The van der Waals surface area contributed by atoms with Crippen LogP contribution in [0.1, 0.15) is 38.8 Å². The van der Waals surface area contributed by atoms with Crippen molar-refractivity contribution in [3.63, 3.8) is 0 Å². The summed E-state index contributed by atoms with van der Waals surface area (Å²) >= 11 is 0. The molecule has 1 aromatic rings. The Hall–Kier alpha value is -0.870. The van der Waals surface area contributed by atoms with Crippen LogP contribution in [0.2, 0.25) is 0 Å². The topological polar surface area (TPSA) is 37.4 Å². The first-order chi connectivity index (χ1) is 7.88. The minimum atomic E-state index is -3.13. The maximum atomic E-state index is 12.1. The van der Waals surface area contributed by atoms with Crippen molar-refractivity contribution in [2.24, 2.45) is 0 Å². The van der Waals surface area contributed by atoms with Crippen molar-refractivity contribution in [1.82, 2.24) is 4.31 Å². The van der Waals surface area contributed by atoms with Crippen LogP contribution in [0.25, 0.3) is 0 Å². The van der Waals surface area contributed by atoms with E-state index in [9.17, 15) is 8.42 Å². The van der Waals surface area contributed by atoms with E-state index in [-0.39, 0.29) is 17.3 Å². The van der Waals surface area contributed by atoms with Gasteiger partial charge in [0, 0.05) is 5.54 Å². The molecule has 0 N–H and O–H groups in total. The lowest BCUT2D eigenvalue weighted by Gasteiger charge is -2.53. The number of hydrogen-bond donors (Lipinski definition) is 0. The molecule has 0 radical (unpaired) electrons. The molecule has 1 aliphatic heterocycles. The summed E-state index contributed by atoms with van der Waals surface area (Å²) < 4.78 is 25.9. The molecule has 1 fully saturated rings. The van der Waals surface area contributed by atoms with E-state index < -0.39 is 10.0 Å². The molecule has 1 atom stereocenters. The lowest BCUT2D eigenvalue weighted by molar-refractivity contribution is 0.0353. The van der Waals surface area contributed by atoms with E-state index in [4.69, 9.17) is 0 Å². The zero-order chi connectivity index (χ0) is 12.7. The van der Waals surface area contributed by atoms with Crippen LogP contribution in [-0.2, 0) is 10.0 Å². The van der Waals surface area contributed by atoms with Crippen LogP contribution in [-0.4, -0.2) is 24.0 Å². The first-order valence-electron chi connectivity index (χ1n) is 5.95. The summed E-state index contributed by atoms with van der Waals surface area (Å²) in [5.41, 5.74) is 0.832. The summed E-state index contributed by atoms with van der Waals surface area (Å²) in [4.78, 5) is 0. The fourth-order valence-corrected chi connectivity index (χ4v) is 4.28. The Kier molecular flexibility index (Phi) is 3.04. The highest BCUT2D eigenvalue weighted by molar-refractivity contribution is 7.89. The Morgan fingerprint density at radius 1 is 1.29 bits per heavy atom. The van der Waals surface area contributed by atoms with Gasteiger partial charge >= 0.3 is 0 Å². The molecule has 3 nitrogen and oxygen atoms in total. The zero-order valence-corrected chi connectivity index (χ0v) is 11.4. The van der Waals surface area contributed by atoms with Gasteiger partial charge in [-0.05, 0) is 32.8 Å². The van der Waals surface area contributed by atoms with Gasteiger partial charge in [0.1, 0.15) is 0 Å². The summed E-state index contributed by atoms with van der Waals surface area (Å²) in [6, 6.07) is 9.87. The van der Waals surface area contributed by atoms with Gasteiger partial charge in [-0.25, -0.2) is 8.42 Å². The predicted molar refractivity (Wildman–Crippen MR) is 69.2 cm³/mol. The molecular weight excluding hydrogens is 234 g/mol. The highest BCUT2D eigenvalue weighted by Gasteiger charge is 2.51. The second-order valence-electron chi connectivity index (χ2n) is 5.14. The molecule has 0 aromatic heterocycles. The molecule has 0 unspecified atom stereocenters. The van der Waals surface area contributed by atoms with Gasteiger partial charge in [-0.3, -0.25) is 0 Å². The Labute approximate surface area is 104 Å². The van der Waals surface area contributed by atoms with Crippen molar-refractivity contribution in [3.05, 3.63) is 35.9 Å². The third kappa shape index (κ3) is 2.11. The second kappa shape index (κ2) is 4.10. The smallest absolute Gasteiger partial charge is 0.212 e. The monoisotopic (exact) mass is 253 g/mol. The molecule has 1 saturated heterocycles. The van der Waals surface area contributed by atoms with Crippen molar-refractivity contribution in [1.29, 1.82) is 0 Å². The van der Waals surface area contributed by atoms with Crippen LogP contribution in [0.4, 0.5) is 0 Å². The van der Waals surface area contributed by atoms with Crippen LogP contribution in [0.5, 0.6) is 0 Å². The predicted octanol–water partition coefficient (Wildman–Crippen LogP) is 2.56. The van der Waals surface area contributed by atoms with E-state index in [0.29, 0.717) is 0 Å². The van der Waals surface area contributed by atoms with Crippen molar-refractivity contribution >= 4 is 10.0 Å². The molecule has 1 aliphatic rings. The summed E-state index contributed by atoms with van der Waals surface area (Å²) in [5.74, 6) is 0.166. The van der Waals surface area contributed by atoms with E-state index >= 15 is 0 Å². The van der Waals surface area contributed by atoms with E-state index in [1.807, 2.05) is 44.2 Å². The summed E-state index contributed by atoms with van der Waals surface area (Å²) in [7, 11) is -3.13. The SMILES string of the molecule is CCS(=O)(=O)N1[C@@H](c2ccccc2)CC1(C)C. The summed E-state index contributed by atoms with van der Waals surface area (Å²) in [6.07, 6.45) is 0.885. The Bertz CT molecular complexity index is 493. The van der Waals surface area contributed by atoms with Gasteiger partial charge in [0.25, 0.3) is 0 Å². The maximum absolute atomic E-state index is 12.1. The average molecular weight is 253 g/mol. The van der Waals surface area contributed by atoms with Crippen molar-refractivity contribution in [2.75, 3.05) is 5.75 Å². The van der Waals surface area contributed by atoms with Crippen molar-refractivity contribution in [2.45, 2.75) is 38.8 Å². The Morgan fingerprint density at radius 2 is 1.88 bits per heavy atom. The maximum Gasteiger partial charge on any atom is 0.214 e. The lowest BCUT2D eigenvalue weighted by atomic mass is 9.81. The number of sulfonamides is 1. The summed E-state index contributed by atoms with van der Waals surface area (Å²) in [5, 5.41) is 0. The third-order valence-electron chi connectivity index (χ3n) is 3.42. The minimum absolute atomic E-state index is 0.0103. The van der Waals surface area contributed by atoms with E-state index in [0.717, 1.165) is 12.0 Å². The Balaban J connectivity index is 2.34. The fourth-order valence-electron chi connectivity index (χ4n) is 2.59. The molecule has 0 spiro atoms. The second-order valence-corrected chi connectivity index (χ2v) is 7.27. The molecule has 1 heterocycles. The third-order valence-corrected chi connectivity index (χ3v) is 5.50. The molecule has 94 valence electrons. The van der Waals surface area contributed by atoms with E-state index in [2.05, 4.69) is 0 Å². The zero-order valence-electron chi connectivity index (χ0n) is 10.6. The van der Waals surface area contributed by atoms with Crippen LogP contribution in [0.15, 0.2) is 30.3 Å². The van der Waals surface area contributed by atoms with Gasteiger partial charge in [0.15, 0.2) is 0 Å². The first kappa shape index (κ1) is 12.6. The fraction of sp³-hybridized carbons (Fsp3) is 0.538. The molecule has 1 aromatic carbocycles. The number of hydrogen-bond acceptors (Lipinski definition) is 2. The Morgan fingerprint density at radius 3 is 2.35 bits per heavy atom. The number of benzene rings is 1. The molecule has 4 heteroatoms. The first-order valence-corrected chi connectivity index (χ1v) is 7.56. The van der Waals surface area contributed by atoms with Crippen molar-refractivity contribution < 1.29 is 8.42 Å². The average Bonchev–Trinajstić information content (AvgIpc) is 2.27. The highest BCUT2D eigenvalue weighted by atomic mass is 32.2.